The predicted molar refractivity (Wildman–Crippen MR) is 141 cm³/mol. The van der Waals surface area contributed by atoms with Gasteiger partial charge in [0, 0.05) is 29.4 Å². The van der Waals surface area contributed by atoms with E-state index in [0.717, 1.165) is 30.3 Å². The number of benzene rings is 2. The number of Topliss-reactive ketones (excluding diaryl/α,β-unsaturated/α-hetero) is 1. The maximum absolute atomic E-state index is 13.0. The van der Waals surface area contributed by atoms with Gasteiger partial charge in [0.15, 0.2) is 11.6 Å². The monoisotopic (exact) mass is 476 g/mol. The second-order valence-electron chi connectivity index (χ2n) is 9.16. The normalized spacial score (nSPS) is 11.4. The largest absolute Gasteiger partial charge is 0.462 e. The van der Waals surface area contributed by atoms with Gasteiger partial charge in [0.05, 0.1) is 5.76 Å². The van der Waals surface area contributed by atoms with Crippen molar-refractivity contribution in [2.24, 2.45) is 11.8 Å². The minimum Gasteiger partial charge on any atom is -0.462 e. The van der Waals surface area contributed by atoms with Crippen LogP contribution >= 0.6 is 0 Å². The number of aromatic nitrogens is 2. The van der Waals surface area contributed by atoms with Gasteiger partial charge in [-0.3, -0.25) is 4.79 Å². The third-order valence-electron chi connectivity index (χ3n) is 6.00. The van der Waals surface area contributed by atoms with Crippen molar-refractivity contribution in [3.8, 4) is 17.1 Å². The van der Waals surface area contributed by atoms with Gasteiger partial charge in [-0.2, -0.15) is 0 Å². The van der Waals surface area contributed by atoms with Gasteiger partial charge in [0.2, 0.25) is 0 Å². The molecule has 0 spiro atoms. The summed E-state index contributed by atoms with van der Waals surface area (Å²) in [5, 5.41) is 0. The fraction of sp³-hybridized carbons (Fsp3) is 0.367. The van der Waals surface area contributed by atoms with E-state index < -0.39 is 5.82 Å². The van der Waals surface area contributed by atoms with E-state index in [-0.39, 0.29) is 5.78 Å². The van der Waals surface area contributed by atoms with Gasteiger partial charge in [-0.25, -0.2) is 14.4 Å². The van der Waals surface area contributed by atoms with E-state index in [4.69, 9.17) is 4.74 Å². The standard InChI is InChI=1S/C18H28O.C12H9FN2O/c1-7-17(12-11-13(2)3)16(6)19-18-10-8-9-14(4)15(18)5;1-8(16)11-7-9(13)3-4-10(11)12-14-5-2-6-15-12/h8-10,13,17H,6-7,11-12H2,1-5H3;2-7H,1H3. The Hall–Kier alpha value is -3.34. The first kappa shape index (κ1) is 27.9. The molecule has 1 atom stereocenters. The Kier molecular flexibility index (Phi) is 10.8. The van der Waals surface area contributed by atoms with Crippen LogP contribution in [0.15, 0.2) is 67.2 Å². The van der Waals surface area contributed by atoms with Crippen molar-refractivity contribution in [2.45, 2.75) is 60.8 Å². The van der Waals surface area contributed by atoms with Gasteiger partial charge in [-0.05, 0) is 81.0 Å². The molecule has 0 bridgehead atoms. The number of hydrogen-bond donors (Lipinski definition) is 0. The van der Waals surface area contributed by atoms with E-state index in [1.807, 2.05) is 12.1 Å². The van der Waals surface area contributed by atoms with Crippen LogP contribution in [0.1, 0.15) is 68.4 Å². The molecular formula is C30H37FN2O2. The Morgan fingerprint density at radius 1 is 1.06 bits per heavy atom. The first-order valence-corrected chi connectivity index (χ1v) is 12.1. The Morgan fingerprint density at radius 3 is 2.34 bits per heavy atom. The van der Waals surface area contributed by atoms with Crippen LogP contribution < -0.4 is 4.74 Å². The van der Waals surface area contributed by atoms with E-state index in [9.17, 15) is 9.18 Å². The van der Waals surface area contributed by atoms with Crippen LogP contribution in [0.2, 0.25) is 0 Å². The van der Waals surface area contributed by atoms with E-state index in [1.165, 1.54) is 42.7 Å². The average molecular weight is 477 g/mol. The highest BCUT2D eigenvalue weighted by Crippen LogP contribution is 2.28. The summed E-state index contributed by atoms with van der Waals surface area (Å²) < 4.78 is 19.0. The van der Waals surface area contributed by atoms with Gasteiger partial charge in [0.25, 0.3) is 0 Å². The number of ether oxygens (including phenoxy) is 1. The molecule has 186 valence electrons. The Labute approximate surface area is 209 Å². The molecule has 2 aromatic carbocycles. The number of rotatable bonds is 9. The van der Waals surface area contributed by atoms with Crippen LogP contribution in [0, 0.1) is 31.5 Å². The average Bonchev–Trinajstić information content (AvgIpc) is 2.83. The maximum Gasteiger partial charge on any atom is 0.160 e. The molecule has 0 aliphatic heterocycles. The number of carbonyl (C=O) groups excluding carboxylic acids is 1. The SMILES string of the molecule is C=C(Oc1cccc(C)c1C)C(CC)CCC(C)C.CC(=O)c1cc(F)ccc1-c1ncccn1. The summed E-state index contributed by atoms with van der Waals surface area (Å²) in [6.45, 7) is 16.5. The molecule has 0 aliphatic carbocycles. The van der Waals surface area contributed by atoms with Gasteiger partial charge >= 0.3 is 0 Å². The highest BCUT2D eigenvalue weighted by Gasteiger charge is 2.15. The molecule has 0 saturated carbocycles. The molecular weight excluding hydrogens is 439 g/mol. The zero-order valence-electron chi connectivity index (χ0n) is 21.8. The van der Waals surface area contributed by atoms with Crippen molar-refractivity contribution in [2.75, 3.05) is 0 Å². The van der Waals surface area contributed by atoms with Crippen LogP contribution in [0.4, 0.5) is 4.39 Å². The third-order valence-corrected chi connectivity index (χ3v) is 6.00. The molecule has 4 nitrogen and oxygen atoms in total. The molecule has 0 aliphatic rings. The van der Waals surface area contributed by atoms with Crippen molar-refractivity contribution < 1.29 is 13.9 Å². The van der Waals surface area contributed by atoms with Gasteiger partial charge in [-0.1, -0.05) is 45.9 Å². The quantitative estimate of drug-likeness (QED) is 0.231. The molecule has 3 rings (SSSR count). The zero-order valence-corrected chi connectivity index (χ0v) is 21.8. The minimum atomic E-state index is -0.440. The second-order valence-corrected chi connectivity index (χ2v) is 9.16. The summed E-state index contributed by atoms with van der Waals surface area (Å²) in [6.07, 6.45) is 6.65. The third kappa shape index (κ3) is 8.43. The lowest BCUT2D eigenvalue weighted by Gasteiger charge is -2.20. The molecule has 1 unspecified atom stereocenters. The van der Waals surface area contributed by atoms with E-state index in [1.54, 1.807) is 18.5 Å². The lowest BCUT2D eigenvalue weighted by atomic mass is 9.94. The van der Waals surface area contributed by atoms with E-state index in [0.29, 0.717) is 22.9 Å². The smallest absolute Gasteiger partial charge is 0.160 e. The molecule has 0 N–H and O–H groups in total. The van der Waals surface area contributed by atoms with Crippen LogP contribution in [0.3, 0.4) is 0 Å². The van der Waals surface area contributed by atoms with E-state index >= 15 is 0 Å². The van der Waals surface area contributed by atoms with Gasteiger partial charge in [0.1, 0.15) is 11.6 Å². The molecule has 1 heterocycles. The summed E-state index contributed by atoms with van der Waals surface area (Å²) in [7, 11) is 0. The summed E-state index contributed by atoms with van der Waals surface area (Å²) in [5.74, 6) is 2.84. The topological polar surface area (TPSA) is 52.1 Å². The number of hydrogen-bond acceptors (Lipinski definition) is 4. The fourth-order valence-corrected chi connectivity index (χ4v) is 3.63. The molecule has 3 aromatic rings. The summed E-state index contributed by atoms with van der Waals surface area (Å²) in [5.41, 5.74) is 3.32. The summed E-state index contributed by atoms with van der Waals surface area (Å²) in [4.78, 5) is 19.4. The number of carbonyl (C=O) groups is 1. The van der Waals surface area contributed by atoms with Crippen molar-refractivity contribution in [1.29, 1.82) is 0 Å². The molecule has 5 heteroatoms. The highest BCUT2D eigenvalue weighted by atomic mass is 19.1. The molecule has 0 fully saturated rings. The van der Waals surface area contributed by atoms with Gasteiger partial charge < -0.3 is 4.74 Å². The van der Waals surface area contributed by atoms with Crippen LogP contribution in [-0.4, -0.2) is 15.8 Å². The van der Waals surface area contributed by atoms with Crippen LogP contribution in [0.25, 0.3) is 11.4 Å². The summed E-state index contributed by atoms with van der Waals surface area (Å²) in [6, 6.07) is 11.9. The number of ketones is 1. The number of halogens is 1. The van der Waals surface area contributed by atoms with Crippen molar-refractivity contribution in [3.63, 3.8) is 0 Å². The van der Waals surface area contributed by atoms with Crippen molar-refractivity contribution >= 4 is 5.78 Å². The molecule has 0 amide bonds. The number of nitrogens with zero attached hydrogens (tertiary/aromatic N) is 2. The van der Waals surface area contributed by atoms with Crippen LogP contribution in [0.5, 0.6) is 5.75 Å². The van der Waals surface area contributed by atoms with Crippen molar-refractivity contribution in [3.05, 3.63) is 89.7 Å². The highest BCUT2D eigenvalue weighted by molar-refractivity contribution is 6.00. The molecule has 1 aromatic heterocycles. The molecule has 0 saturated heterocycles. The first-order valence-electron chi connectivity index (χ1n) is 12.1. The predicted octanol–water partition coefficient (Wildman–Crippen LogP) is 8.14. The maximum atomic E-state index is 13.0. The zero-order chi connectivity index (χ0) is 26.0. The number of aryl methyl sites for hydroxylation is 1. The lowest BCUT2D eigenvalue weighted by Crippen LogP contribution is -2.10. The number of allylic oxidation sites excluding steroid dienone is 1. The van der Waals surface area contributed by atoms with E-state index in [2.05, 4.69) is 57.2 Å². The summed E-state index contributed by atoms with van der Waals surface area (Å²) >= 11 is 0. The fourth-order valence-electron chi connectivity index (χ4n) is 3.63. The Morgan fingerprint density at radius 2 is 1.74 bits per heavy atom. The van der Waals surface area contributed by atoms with Gasteiger partial charge in [-0.15, -0.1) is 0 Å². The second kappa shape index (κ2) is 13.5. The lowest BCUT2D eigenvalue weighted by molar-refractivity contribution is 0.101. The Bertz CT molecular complexity index is 1130. The van der Waals surface area contributed by atoms with Crippen LogP contribution in [-0.2, 0) is 0 Å². The van der Waals surface area contributed by atoms with Crippen molar-refractivity contribution in [1.82, 2.24) is 9.97 Å². The Balaban J connectivity index is 0.000000250. The first-order chi connectivity index (χ1) is 16.6. The molecule has 35 heavy (non-hydrogen) atoms. The minimum absolute atomic E-state index is 0.207. The molecule has 0 radical (unpaired) electrons.